The number of carbonyl (C=O) groups is 2. The van der Waals surface area contributed by atoms with Crippen LogP contribution in [0.25, 0.3) is 0 Å². The van der Waals surface area contributed by atoms with Crippen molar-refractivity contribution in [1.29, 1.82) is 0 Å². The molecule has 1 aromatic heterocycles. The van der Waals surface area contributed by atoms with Gasteiger partial charge in [0.1, 0.15) is 23.9 Å². The summed E-state index contributed by atoms with van der Waals surface area (Å²) in [6.07, 6.45) is 0.216. The van der Waals surface area contributed by atoms with Gasteiger partial charge in [-0.05, 0) is 43.7 Å². The summed E-state index contributed by atoms with van der Waals surface area (Å²) in [5.74, 6) is 1.56. The molecule has 3 aromatic rings. The lowest BCUT2D eigenvalue weighted by Crippen LogP contribution is -2.24. The van der Waals surface area contributed by atoms with Crippen molar-refractivity contribution in [2.24, 2.45) is 0 Å². The van der Waals surface area contributed by atoms with Gasteiger partial charge in [0.05, 0.1) is 17.7 Å². The SMILES string of the molecule is CNC(=O)COc1cccc(NC(=O)Cc2ccc(OCc3c(C)noc3C)cc2)c1. The monoisotopic (exact) mass is 423 g/mol. The van der Waals surface area contributed by atoms with Gasteiger partial charge in [-0.2, -0.15) is 0 Å². The standard InChI is InChI=1S/C23H25N3O5/c1-15-21(16(2)31-26-15)13-29-19-9-7-17(8-10-19)11-22(27)25-18-5-4-6-20(12-18)30-14-23(28)24-3/h4-10,12H,11,13-14H2,1-3H3,(H,24,28)(H,25,27). The maximum Gasteiger partial charge on any atom is 0.257 e. The van der Waals surface area contributed by atoms with Gasteiger partial charge in [0.15, 0.2) is 6.61 Å². The van der Waals surface area contributed by atoms with E-state index in [-0.39, 0.29) is 24.8 Å². The number of nitrogens with one attached hydrogen (secondary N) is 2. The van der Waals surface area contributed by atoms with E-state index in [0.717, 1.165) is 22.6 Å². The molecule has 3 rings (SSSR count). The Morgan fingerprint density at radius 3 is 2.45 bits per heavy atom. The van der Waals surface area contributed by atoms with Crippen LogP contribution >= 0.6 is 0 Å². The van der Waals surface area contributed by atoms with Gasteiger partial charge in [-0.15, -0.1) is 0 Å². The highest BCUT2D eigenvalue weighted by atomic mass is 16.5. The number of anilines is 1. The summed E-state index contributed by atoms with van der Waals surface area (Å²) in [7, 11) is 1.54. The highest BCUT2D eigenvalue weighted by Gasteiger charge is 2.10. The van der Waals surface area contributed by atoms with Crippen LogP contribution in [0.5, 0.6) is 11.5 Å². The number of hydrogen-bond donors (Lipinski definition) is 2. The normalized spacial score (nSPS) is 10.4. The summed E-state index contributed by atoms with van der Waals surface area (Å²) < 4.78 is 16.3. The Morgan fingerprint density at radius 1 is 1.00 bits per heavy atom. The zero-order valence-corrected chi connectivity index (χ0v) is 17.7. The number of rotatable bonds is 9. The summed E-state index contributed by atoms with van der Waals surface area (Å²) in [5.41, 5.74) is 3.20. The van der Waals surface area contributed by atoms with Crippen LogP contribution in [0, 0.1) is 13.8 Å². The number of ether oxygens (including phenoxy) is 2. The molecule has 31 heavy (non-hydrogen) atoms. The fourth-order valence-corrected chi connectivity index (χ4v) is 2.84. The molecule has 0 saturated carbocycles. The maximum atomic E-state index is 12.4. The Kier molecular flexibility index (Phi) is 7.26. The largest absolute Gasteiger partial charge is 0.489 e. The molecular weight excluding hydrogens is 398 g/mol. The van der Waals surface area contributed by atoms with Crippen molar-refractivity contribution in [3.05, 3.63) is 71.1 Å². The molecule has 0 atom stereocenters. The molecule has 0 aliphatic heterocycles. The Hall–Kier alpha value is -3.81. The van der Waals surface area contributed by atoms with E-state index in [1.807, 2.05) is 38.1 Å². The van der Waals surface area contributed by atoms with Gasteiger partial charge in [-0.1, -0.05) is 23.4 Å². The fraction of sp³-hybridized carbons (Fsp3) is 0.261. The summed E-state index contributed by atoms with van der Waals surface area (Å²) >= 11 is 0. The van der Waals surface area contributed by atoms with Gasteiger partial charge in [0, 0.05) is 18.8 Å². The molecule has 0 aliphatic rings. The second-order valence-corrected chi connectivity index (χ2v) is 6.95. The molecule has 162 valence electrons. The molecule has 0 aliphatic carbocycles. The quantitative estimate of drug-likeness (QED) is 0.548. The van der Waals surface area contributed by atoms with Crippen LogP contribution in [0.2, 0.25) is 0 Å². The third kappa shape index (κ3) is 6.33. The highest BCUT2D eigenvalue weighted by molar-refractivity contribution is 5.92. The van der Waals surface area contributed by atoms with Gasteiger partial charge >= 0.3 is 0 Å². The first-order chi connectivity index (χ1) is 14.9. The number of hydrogen-bond acceptors (Lipinski definition) is 6. The molecule has 0 saturated heterocycles. The Morgan fingerprint density at radius 2 is 1.77 bits per heavy atom. The van der Waals surface area contributed by atoms with E-state index in [9.17, 15) is 9.59 Å². The fourth-order valence-electron chi connectivity index (χ4n) is 2.84. The van der Waals surface area contributed by atoms with Gasteiger partial charge in [0.2, 0.25) is 5.91 Å². The molecule has 0 bridgehead atoms. The maximum absolute atomic E-state index is 12.4. The third-order valence-electron chi connectivity index (χ3n) is 4.62. The van der Waals surface area contributed by atoms with E-state index < -0.39 is 0 Å². The van der Waals surface area contributed by atoms with Crippen LogP contribution < -0.4 is 20.1 Å². The average molecular weight is 423 g/mol. The second-order valence-electron chi connectivity index (χ2n) is 6.95. The van der Waals surface area contributed by atoms with Crippen LogP contribution in [-0.4, -0.2) is 30.6 Å². The average Bonchev–Trinajstić information content (AvgIpc) is 3.09. The summed E-state index contributed by atoms with van der Waals surface area (Å²) in [5, 5.41) is 9.23. The molecule has 0 fully saturated rings. The predicted octanol–water partition coefficient (Wildman–Crippen LogP) is 3.18. The van der Waals surface area contributed by atoms with Gasteiger partial charge in [-0.25, -0.2) is 0 Å². The smallest absolute Gasteiger partial charge is 0.257 e. The van der Waals surface area contributed by atoms with Gasteiger partial charge in [-0.3, -0.25) is 9.59 Å². The van der Waals surface area contributed by atoms with Gasteiger partial charge < -0.3 is 24.6 Å². The zero-order chi connectivity index (χ0) is 22.2. The van der Waals surface area contributed by atoms with E-state index in [0.29, 0.717) is 23.8 Å². The van der Waals surface area contributed by atoms with Crippen LogP contribution in [0.15, 0.2) is 53.1 Å². The number of benzene rings is 2. The Labute approximate surface area is 180 Å². The van der Waals surface area contributed by atoms with Crippen molar-refractivity contribution >= 4 is 17.5 Å². The first-order valence-corrected chi connectivity index (χ1v) is 9.81. The summed E-state index contributed by atoms with van der Waals surface area (Å²) in [6, 6.07) is 14.3. The third-order valence-corrected chi connectivity index (χ3v) is 4.62. The van der Waals surface area contributed by atoms with Crippen LogP contribution in [0.1, 0.15) is 22.6 Å². The minimum absolute atomic E-state index is 0.0848. The molecule has 2 amide bonds. The molecule has 8 nitrogen and oxygen atoms in total. The molecule has 0 spiro atoms. The molecule has 0 radical (unpaired) electrons. The van der Waals surface area contributed by atoms with E-state index in [2.05, 4.69) is 15.8 Å². The minimum Gasteiger partial charge on any atom is -0.489 e. The molecule has 2 aromatic carbocycles. The van der Waals surface area contributed by atoms with Crippen molar-refractivity contribution in [1.82, 2.24) is 10.5 Å². The van der Waals surface area contributed by atoms with E-state index in [1.54, 1.807) is 31.3 Å². The minimum atomic E-state index is -0.228. The molecule has 0 unspecified atom stereocenters. The second kappa shape index (κ2) is 10.3. The number of amides is 2. The molecule has 2 N–H and O–H groups in total. The van der Waals surface area contributed by atoms with Crippen molar-refractivity contribution in [3.63, 3.8) is 0 Å². The lowest BCUT2D eigenvalue weighted by atomic mass is 10.1. The number of likely N-dealkylation sites (N-methyl/N-ethyl adjacent to an activating group) is 1. The van der Waals surface area contributed by atoms with Crippen molar-refractivity contribution in [3.8, 4) is 11.5 Å². The first-order valence-electron chi connectivity index (χ1n) is 9.81. The van der Waals surface area contributed by atoms with Crippen molar-refractivity contribution in [2.75, 3.05) is 19.0 Å². The number of aryl methyl sites for hydroxylation is 2. The van der Waals surface area contributed by atoms with E-state index in [4.69, 9.17) is 14.0 Å². The summed E-state index contributed by atoms with van der Waals surface area (Å²) in [6.45, 7) is 4.02. The van der Waals surface area contributed by atoms with Gasteiger partial charge in [0.25, 0.3) is 5.91 Å². The first kappa shape index (κ1) is 21.9. The number of aromatic nitrogens is 1. The number of carbonyl (C=O) groups excluding carboxylic acids is 2. The lowest BCUT2D eigenvalue weighted by Gasteiger charge is -2.10. The molecule has 1 heterocycles. The Balaban J connectivity index is 1.51. The molecular formula is C23H25N3O5. The van der Waals surface area contributed by atoms with Crippen LogP contribution in [0.4, 0.5) is 5.69 Å². The summed E-state index contributed by atoms with van der Waals surface area (Å²) in [4.78, 5) is 23.7. The lowest BCUT2D eigenvalue weighted by molar-refractivity contribution is -0.122. The van der Waals surface area contributed by atoms with E-state index in [1.165, 1.54) is 0 Å². The number of nitrogens with zero attached hydrogens (tertiary/aromatic N) is 1. The van der Waals surface area contributed by atoms with Crippen LogP contribution in [-0.2, 0) is 22.6 Å². The molecule has 8 heteroatoms. The highest BCUT2D eigenvalue weighted by Crippen LogP contribution is 2.20. The Bertz CT molecular complexity index is 1020. The predicted molar refractivity (Wildman–Crippen MR) is 115 cm³/mol. The van der Waals surface area contributed by atoms with Crippen molar-refractivity contribution < 1.29 is 23.6 Å². The zero-order valence-electron chi connectivity index (χ0n) is 17.7. The van der Waals surface area contributed by atoms with E-state index >= 15 is 0 Å². The van der Waals surface area contributed by atoms with Crippen LogP contribution in [0.3, 0.4) is 0 Å². The van der Waals surface area contributed by atoms with Crippen molar-refractivity contribution in [2.45, 2.75) is 26.9 Å². The topological polar surface area (TPSA) is 103 Å².